The summed E-state index contributed by atoms with van der Waals surface area (Å²) < 4.78 is 16.2. The molecular weight excluding hydrogens is 436 g/mol. The van der Waals surface area contributed by atoms with Crippen LogP contribution >= 0.6 is 0 Å². The molecule has 0 spiro atoms. The molecule has 0 aliphatic carbocycles. The standard InChI is InChI=1S/C26H32N2O6/c1-16-14-17(8-10-20(16)33-5)24(29)22-23(19-15-18(32-4)9-11-21(19)34-6)28(26(31)25(22)30)13-7-12-27(2)3/h8-11,14-15,23,29H,7,12-13H2,1-6H3/b24-22+. The minimum Gasteiger partial charge on any atom is -0.872 e. The number of aryl methyl sites for hydroxylation is 1. The number of carbonyl (C=O) groups excluding carboxylic acids is 2. The number of Topliss-reactive ketones (excluding diaryl/α,β-unsaturated/α-hetero) is 1. The van der Waals surface area contributed by atoms with Crippen LogP contribution < -0.4 is 24.2 Å². The fourth-order valence-corrected chi connectivity index (χ4v) is 4.26. The van der Waals surface area contributed by atoms with Gasteiger partial charge in [0.05, 0.1) is 48.0 Å². The number of likely N-dealkylation sites (tertiary alicyclic amines) is 1. The van der Waals surface area contributed by atoms with E-state index in [4.69, 9.17) is 14.2 Å². The van der Waals surface area contributed by atoms with Crippen LogP contribution in [-0.4, -0.2) is 65.1 Å². The van der Waals surface area contributed by atoms with E-state index in [1.807, 2.05) is 21.0 Å². The maximum absolute atomic E-state index is 13.7. The third kappa shape index (κ3) is 4.87. The molecule has 3 rings (SSSR count). The molecule has 1 amide bonds. The normalized spacial score (nSPS) is 17.4. The number of hydrogen-bond donors (Lipinski definition) is 1. The molecule has 1 fully saturated rings. The van der Waals surface area contributed by atoms with E-state index in [2.05, 4.69) is 0 Å². The number of amides is 1. The first-order chi connectivity index (χ1) is 16.2. The van der Waals surface area contributed by atoms with E-state index in [1.165, 1.54) is 24.0 Å². The SMILES string of the molecule is COc1ccc(OC)c(C2/C(=C(\[O-])c3ccc(OC)c(C)c3)C(=O)C(=O)N2CCC[NH+](C)C)c1. The van der Waals surface area contributed by atoms with Gasteiger partial charge in [-0.1, -0.05) is 11.8 Å². The van der Waals surface area contributed by atoms with Crippen molar-refractivity contribution >= 4 is 17.4 Å². The molecule has 8 nitrogen and oxygen atoms in total. The largest absolute Gasteiger partial charge is 0.872 e. The molecule has 1 atom stereocenters. The van der Waals surface area contributed by atoms with Crippen LogP contribution in [0.4, 0.5) is 0 Å². The van der Waals surface area contributed by atoms with Crippen molar-refractivity contribution in [3.63, 3.8) is 0 Å². The smallest absolute Gasteiger partial charge is 0.295 e. The predicted molar refractivity (Wildman–Crippen MR) is 126 cm³/mol. The average Bonchev–Trinajstić information content (AvgIpc) is 3.07. The average molecular weight is 469 g/mol. The van der Waals surface area contributed by atoms with Gasteiger partial charge >= 0.3 is 0 Å². The molecule has 1 aliphatic heterocycles. The topological polar surface area (TPSA) is 92.6 Å². The molecule has 0 aromatic heterocycles. The molecular formula is C26H32N2O6. The van der Waals surface area contributed by atoms with Gasteiger partial charge in [0.2, 0.25) is 5.78 Å². The summed E-state index contributed by atoms with van der Waals surface area (Å²) >= 11 is 0. The summed E-state index contributed by atoms with van der Waals surface area (Å²) in [6, 6.07) is 9.24. The van der Waals surface area contributed by atoms with Gasteiger partial charge in [0, 0.05) is 24.1 Å². The Balaban J connectivity index is 2.20. The second kappa shape index (κ2) is 10.6. The molecule has 1 aliphatic rings. The zero-order valence-corrected chi connectivity index (χ0v) is 20.6. The van der Waals surface area contributed by atoms with Gasteiger partial charge in [0.15, 0.2) is 0 Å². The monoisotopic (exact) mass is 468 g/mol. The molecule has 34 heavy (non-hydrogen) atoms. The first kappa shape index (κ1) is 25.1. The lowest BCUT2D eigenvalue weighted by Crippen LogP contribution is -3.05. The molecule has 8 heteroatoms. The third-order valence-electron chi connectivity index (χ3n) is 5.99. The summed E-state index contributed by atoms with van der Waals surface area (Å²) in [5, 5.41) is 13.7. The van der Waals surface area contributed by atoms with E-state index in [9.17, 15) is 14.7 Å². The van der Waals surface area contributed by atoms with E-state index < -0.39 is 23.5 Å². The molecule has 1 heterocycles. The Morgan fingerprint density at radius 2 is 1.68 bits per heavy atom. The number of nitrogens with one attached hydrogen (secondary N) is 1. The quantitative estimate of drug-likeness (QED) is 0.332. The highest BCUT2D eigenvalue weighted by Crippen LogP contribution is 2.43. The van der Waals surface area contributed by atoms with Crippen molar-refractivity contribution in [3.05, 3.63) is 58.7 Å². The van der Waals surface area contributed by atoms with Gasteiger partial charge in [-0.05, 0) is 48.4 Å². The van der Waals surface area contributed by atoms with Gasteiger partial charge < -0.3 is 29.1 Å². The van der Waals surface area contributed by atoms with Gasteiger partial charge in [0.25, 0.3) is 5.91 Å². The van der Waals surface area contributed by atoms with Crippen molar-refractivity contribution < 1.29 is 33.8 Å². The highest BCUT2D eigenvalue weighted by molar-refractivity contribution is 6.46. The van der Waals surface area contributed by atoms with E-state index in [0.717, 1.165) is 12.1 Å². The van der Waals surface area contributed by atoms with Crippen molar-refractivity contribution in [2.24, 2.45) is 0 Å². The van der Waals surface area contributed by atoms with Crippen molar-refractivity contribution in [3.8, 4) is 17.2 Å². The number of benzene rings is 2. The van der Waals surface area contributed by atoms with E-state index in [-0.39, 0.29) is 5.57 Å². The molecule has 0 saturated carbocycles. The predicted octanol–water partition coefficient (Wildman–Crippen LogP) is 0.779. The molecule has 1 unspecified atom stereocenters. The lowest BCUT2D eigenvalue weighted by Gasteiger charge is -2.29. The van der Waals surface area contributed by atoms with Crippen LogP contribution in [0.15, 0.2) is 42.0 Å². The third-order valence-corrected chi connectivity index (χ3v) is 5.99. The van der Waals surface area contributed by atoms with Gasteiger partial charge in [-0.25, -0.2) is 0 Å². The fourth-order valence-electron chi connectivity index (χ4n) is 4.26. The molecule has 0 radical (unpaired) electrons. The van der Waals surface area contributed by atoms with Gasteiger partial charge in [-0.15, -0.1) is 0 Å². The van der Waals surface area contributed by atoms with Crippen molar-refractivity contribution in [2.45, 2.75) is 19.4 Å². The zero-order chi connectivity index (χ0) is 25.0. The Kier molecular flexibility index (Phi) is 7.83. The van der Waals surface area contributed by atoms with E-state index >= 15 is 0 Å². The molecule has 2 aromatic rings. The maximum atomic E-state index is 13.7. The van der Waals surface area contributed by atoms with Gasteiger partial charge in [0.1, 0.15) is 17.2 Å². The van der Waals surface area contributed by atoms with Crippen LogP contribution in [0, 0.1) is 6.92 Å². The number of rotatable bonds is 9. The van der Waals surface area contributed by atoms with Crippen LogP contribution in [0.25, 0.3) is 5.76 Å². The lowest BCUT2D eigenvalue weighted by molar-refractivity contribution is -0.858. The number of ketones is 1. The summed E-state index contributed by atoms with van der Waals surface area (Å²) in [5.41, 5.74) is 1.53. The molecule has 0 bridgehead atoms. The number of ether oxygens (including phenoxy) is 3. The Morgan fingerprint density at radius 3 is 2.26 bits per heavy atom. The van der Waals surface area contributed by atoms with Crippen LogP contribution in [0.2, 0.25) is 0 Å². The number of methoxy groups -OCH3 is 3. The zero-order valence-electron chi connectivity index (χ0n) is 20.6. The fraction of sp³-hybridized carbons (Fsp3) is 0.385. The highest BCUT2D eigenvalue weighted by Gasteiger charge is 2.45. The van der Waals surface area contributed by atoms with Crippen LogP contribution in [0.1, 0.15) is 29.2 Å². The Morgan fingerprint density at radius 1 is 1.00 bits per heavy atom. The molecule has 1 saturated heterocycles. The van der Waals surface area contributed by atoms with Crippen LogP contribution in [-0.2, 0) is 9.59 Å². The molecule has 1 N–H and O–H groups in total. The highest BCUT2D eigenvalue weighted by atomic mass is 16.5. The number of nitrogens with zero attached hydrogens (tertiary/aromatic N) is 1. The maximum Gasteiger partial charge on any atom is 0.295 e. The first-order valence-corrected chi connectivity index (χ1v) is 11.2. The minimum absolute atomic E-state index is 0.0849. The van der Waals surface area contributed by atoms with Crippen molar-refractivity contribution in [1.82, 2.24) is 4.90 Å². The lowest BCUT2D eigenvalue weighted by atomic mass is 9.94. The van der Waals surface area contributed by atoms with Crippen molar-refractivity contribution in [1.29, 1.82) is 0 Å². The summed E-state index contributed by atoms with van der Waals surface area (Å²) in [5.74, 6) is -0.322. The Bertz CT molecular complexity index is 1110. The summed E-state index contributed by atoms with van der Waals surface area (Å²) in [4.78, 5) is 29.1. The van der Waals surface area contributed by atoms with Crippen LogP contribution in [0.3, 0.4) is 0 Å². The second-order valence-corrected chi connectivity index (χ2v) is 8.58. The van der Waals surface area contributed by atoms with Crippen LogP contribution in [0.5, 0.6) is 17.2 Å². The first-order valence-electron chi connectivity index (χ1n) is 11.2. The second-order valence-electron chi connectivity index (χ2n) is 8.58. The Labute approximate surface area is 200 Å². The van der Waals surface area contributed by atoms with E-state index in [0.29, 0.717) is 41.3 Å². The van der Waals surface area contributed by atoms with E-state index in [1.54, 1.807) is 43.5 Å². The number of hydrogen-bond acceptors (Lipinski definition) is 6. The summed E-state index contributed by atoms with van der Waals surface area (Å²) in [6.45, 7) is 2.96. The van der Waals surface area contributed by atoms with Crippen molar-refractivity contribution in [2.75, 3.05) is 48.5 Å². The molecule has 2 aromatic carbocycles. The van der Waals surface area contributed by atoms with Gasteiger partial charge in [-0.2, -0.15) is 0 Å². The summed E-state index contributed by atoms with van der Waals surface area (Å²) in [6.07, 6.45) is 0.674. The minimum atomic E-state index is -0.878. The number of carbonyl (C=O) groups is 2. The summed E-state index contributed by atoms with van der Waals surface area (Å²) in [7, 11) is 8.64. The Hall–Kier alpha value is -3.52. The molecule has 182 valence electrons. The van der Waals surface area contributed by atoms with Gasteiger partial charge in [-0.3, -0.25) is 9.59 Å². The number of quaternary nitrogens is 1.